The molecule has 70 heavy (non-hydrogen) atoms. The van der Waals surface area contributed by atoms with Crippen LogP contribution in [0.2, 0.25) is 0 Å². The minimum absolute atomic E-state index is 0.0425. The number of nitrogens with zero attached hydrogens (tertiary/aromatic N) is 5. The van der Waals surface area contributed by atoms with Crippen LogP contribution in [-0.4, -0.2) is 70.2 Å². The first-order valence-corrected chi connectivity index (χ1v) is 23.9. The number of aromatic nitrogens is 4. The van der Waals surface area contributed by atoms with Crippen LogP contribution in [0.25, 0.3) is 22.8 Å². The predicted molar refractivity (Wildman–Crippen MR) is 263 cm³/mol. The number of carbonyl (C=O) groups excluding carboxylic acids is 4. The van der Waals surface area contributed by atoms with Gasteiger partial charge in [0.2, 0.25) is 0 Å². The van der Waals surface area contributed by atoms with Crippen molar-refractivity contribution in [1.82, 2.24) is 19.9 Å². The number of nitriles is 1. The van der Waals surface area contributed by atoms with Crippen molar-refractivity contribution in [3.8, 4) is 51.8 Å². The van der Waals surface area contributed by atoms with Crippen molar-refractivity contribution >= 4 is 23.9 Å². The van der Waals surface area contributed by atoms with Crippen LogP contribution in [0, 0.1) is 11.3 Å². The lowest BCUT2D eigenvalue weighted by Gasteiger charge is -2.12. The van der Waals surface area contributed by atoms with E-state index in [0.29, 0.717) is 60.7 Å². The van der Waals surface area contributed by atoms with E-state index in [9.17, 15) is 24.4 Å². The van der Waals surface area contributed by atoms with E-state index in [1.807, 2.05) is 6.07 Å². The number of carbonyl (C=O) groups is 4. The molecule has 5 aromatic rings. The van der Waals surface area contributed by atoms with Gasteiger partial charge in [0.05, 0.1) is 74.0 Å². The van der Waals surface area contributed by atoms with Crippen LogP contribution in [0.1, 0.15) is 129 Å². The van der Waals surface area contributed by atoms with Crippen molar-refractivity contribution in [2.75, 3.05) is 26.4 Å². The van der Waals surface area contributed by atoms with Crippen molar-refractivity contribution in [2.45, 2.75) is 103 Å². The molecule has 0 atom stereocenters. The van der Waals surface area contributed by atoms with Crippen LogP contribution >= 0.6 is 0 Å². The Morgan fingerprint density at radius 1 is 0.471 bits per heavy atom. The summed E-state index contributed by atoms with van der Waals surface area (Å²) >= 11 is 0. The Hall–Kier alpha value is -7.73. The average Bonchev–Trinajstić information content (AvgIpc) is 3.39. The molecule has 0 saturated carbocycles. The van der Waals surface area contributed by atoms with Gasteiger partial charge in [-0.25, -0.2) is 39.1 Å². The molecule has 0 spiro atoms. The standard InChI is InChI=1S/C55H61N5O10/c1-3-50(61)67-33-19-15-11-7-5-9-13-17-31-65-46-37-57-52(58-38-46)42-22-26-44(27-23-42)54(63)69-48-30-21-41(36-56)35-49(48)70-55(64)45-28-24-43(25-29-45)53-59-39-47(40-60-53)66-32-18-14-10-6-8-12-16-20-34-68-51(62)4-2/h3-4,21-30,35,37-40H,1-2,5-20,31-34H2. The molecule has 0 fully saturated rings. The van der Waals surface area contributed by atoms with Gasteiger partial charge in [0.25, 0.3) is 0 Å². The molecular weight excluding hydrogens is 891 g/mol. The second-order valence-corrected chi connectivity index (χ2v) is 16.3. The zero-order valence-corrected chi connectivity index (χ0v) is 39.7. The van der Waals surface area contributed by atoms with Crippen LogP contribution in [0.3, 0.4) is 0 Å². The summed E-state index contributed by atoms with van der Waals surface area (Å²) in [5.74, 6) is -0.272. The topological polar surface area (TPSA) is 199 Å². The fraction of sp³-hybridized carbons (Fsp3) is 0.364. The van der Waals surface area contributed by atoms with E-state index in [0.717, 1.165) is 103 Å². The molecule has 15 nitrogen and oxygen atoms in total. The summed E-state index contributed by atoms with van der Waals surface area (Å²) in [6.45, 7) is 8.80. The van der Waals surface area contributed by atoms with Gasteiger partial charge in [-0.15, -0.1) is 0 Å². The van der Waals surface area contributed by atoms with Gasteiger partial charge in [0.15, 0.2) is 34.6 Å². The molecule has 0 amide bonds. The minimum atomic E-state index is -0.727. The summed E-state index contributed by atoms with van der Waals surface area (Å²) < 4.78 is 33.0. The molecule has 0 bridgehead atoms. The van der Waals surface area contributed by atoms with E-state index in [-0.39, 0.29) is 40.1 Å². The Kier molecular flexibility index (Phi) is 23.3. The molecule has 0 saturated heterocycles. The second kappa shape index (κ2) is 30.6. The summed E-state index contributed by atoms with van der Waals surface area (Å²) in [7, 11) is 0. The van der Waals surface area contributed by atoms with Crippen molar-refractivity contribution in [3.63, 3.8) is 0 Å². The molecule has 15 heteroatoms. The van der Waals surface area contributed by atoms with E-state index < -0.39 is 11.9 Å². The molecule has 2 heterocycles. The van der Waals surface area contributed by atoms with Crippen LogP contribution < -0.4 is 18.9 Å². The SMILES string of the molecule is C=CC(=O)OCCCCCCCCCCOc1cnc(-c2ccc(C(=O)Oc3ccc(C#N)cc3OC(=O)c3ccc(-c4ncc(OCCCCCCCCCCOC(=O)C=C)cn4)cc3)cc2)nc1. The lowest BCUT2D eigenvalue weighted by atomic mass is 10.1. The first-order valence-electron chi connectivity index (χ1n) is 23.9. The Balaban J connectivity index is 1.01. The number of rotatable bonds is 32. The highest BCUT2D eigenvalue weighted by atomic mass is 16.6. The Morgan fingerprint density at radius 2 is 0.829 bits per heavy atom. The van der Waals surface area contributed by atoms with E-state index in [4.69, 9.17) is 28.4 Å². The molecular formula is C55H61N5O10. The maximum Gasteiger partial charge on any atom is 0.343 e. The largest absolute Gasteiger partial charge is 0.490 e. The van der Waals surface area contributed by atoms with Gasteiger partial charge >= 0.3 is 23.9 Å². The fourth-order valence-electron chi connectivity index (χ4n) is 7.02. The number of ether oxygens (including phenoxy) is 6. The third kappa shape index (κ3) is 19.1. The monoisotopic (exact) mass is 951 g/mol. The minimum Gasteiger partial charge on any atom is -0.490 e. The number of hydrogen-bond acceptors (Lipinski definition) is 15. The summed E-state index contributed by atoms with van der Waals surface area (Å²) in [6.07, 6.45) is 25.7. The number of esters is 4. The Bertz CT molecular complexity index is 2470. The summed E-state index contributed by atoms with van der Waals surface area (Å²) in [5, 5.41) is 9.55. The first-order chi connectivity index (χ1) is 34.3. The zero-order chi connectivity index (χ0) is 49.6. The van der Waals surface area contributed by atoms with Crippen LogP contribution in [0.4, 0.5) is 0 Å². The van der Waals surface area contributed by atoms with E-state index in [1.165, 1.54) is 30.4 Å². The van der Waals surface area contributed by atoms with Gasteiger partial charge in [-0.05, 0) is 62.1 Å². The van der Waals surface area contributed by atoms with Crippen molar-refractivity contribution in [3.05, 3.63) is 134 Å². The van der Waals surface area contributed by atoms with E-state index >= 15 is 0 Å². The lowest BCUT2D eigenvalue weighted by Crippen LogP contribution is -2.13. The normalized spacial score (nSPS) is 10.6. The molecule has 5 rings (SSSR count). The smallest absolute Gasteiger partial charge is 0.343 e. The third-order valence-corrected chi connectivity index (χ3v) is 10.9. The summed E-state index contributed by atoms with van der Waals surface area (Å²) in [5.41, 5.74) is 2.00. The Morgan fingerprint density at radius 3 is 1.20 bits per heavy atom. The second-order valence-electron chi connectivity index (χ2n) is 16.3. The highest BCUT2D eigenvalue weighted by Crippen LogP contribution is 2.31. The fourth-order valence-corrected chi connectivity index (χ4v) is 7.02. The summed E-state index contributed by atoms with van der Waals surface area (Å²) in [4.78, 5) is 66.4. The molecule has 0 unspecified atom stereocenters. The van der Waals surface area contributed by atoms with Crippen molar-refractivity contribution in [2.24, 2.45) is 0 Å². The van der Waals surface area contributed by atoms with Crippen LogP contribution in [0.5, 0.6) is 23.0 Å². The van der Waals surface area contributed by atoms with E-state index in [2.05, 4.69) is 33.1 Å². The van der Waals surface area contributed by atoms with Gasteiger partial charge in [-0.2, -0.15) is 5.26 Å². The number of benzene rings is 3. The average molecular weight is 952 g/mol. The number of unbranched alkanes of at least 4 members (excludes halogenated alkanes) is 14. The quantitative estimate of drug-likeness (QED) is 0.0170. The predicted octanol–water partition coefficient (Wildman–Crippen LogP) is 11.4. The first kappa shape index (κ1) is 53.2. The highest BCUT2D eigenvalue weighted by Gasteiger charge is 2.18. The molecule has 2 aromatic heterocycles. The molecule has 0 aliphatic rings. The number of hydrogen-bond donors (Lipinski definition) is 0. The van der Waals surface area contributed by atoms with Gasteiger partial charge in [-0.3, -0.25) is 0 Å². The highest BCUT2D eigenvalue weighted by molar-refractivity contribution is 5.94. The zero-order valence-electron chi connectivity index (χ0n) is 39.7. The van der Waals surface area contributed by atoms with Crippen molar-refractivity contribution in [1.29, 1.82) is 5.26 Å². The van der Waals surface area contributed by atoms with Gasteiger partial charge in [0.1, 0.15) is 0 Å². The maximum atomic E-state index is 13.3. The van der Waals surface area contributed by atoms with Crippen LogP contribution in [0.15, 0.2) is 117 Å². The summed E-state index contributed by atoms with van der Waals surface area (Å²) in [6, 6.07) is 19.3. The van der Waals surface area contributed by atoms with Gasteiger partial charge in [0, 0.05) is 29.3 Å². The van der Waals surface area contributed by atoms with Gasteiger partial charge < -0.3 is 28.4 Å². The molecule has 3 aromatic carbocycles. The molecule has 0 aliphatic heterocycles. The maximum absolute atomic E-state index is 13.3. The molecule has 0 aliphatic carbocycles. The van der Waals surface area contributed by atoms with Crippen molar-refractivity contribution < 1.29 is 47.6 Å². The van der Waals surface area contributed by atoms with Gasteiger partial charge in [-0.1, -0.05) is 114 Å². The molecule has 366 valence electrons. The molecule has 0 N–H and O–H groups in total. The molecule has 0 radical (unpaired) electrons. The van der Waals surface area contributed by atoms with Crippen LogP contribution in [-0.2, 0) is 19.1 Å². The Labute approximate surface area is 409 Å². The third-order valence-electron chi connectivity index (χ3n) is 10.9. The van der Waals surface area contributed by atoms with E-state index in [1.54, 1.807) is 73.3 Å². The lowest BCUT2D eigenvalue weighted by molar-refractivity contribution is -0.138.